The third-order valence-electron chi connectivity index (χ3n) is 3.60. The molecule has 1 aliphatic rings. The Balaban J connectivity index is 2.76. The van der Waals surface area contributed by atoms with Gasteiger partial charge in [0, 0.05) is 18.6 Å². The van der Waals surface area contributed by atoms with Crippen molar-refractivity contribution >= 4 is 5.91 Å². The molecule has 4 nitrogen and oxygen atoms in total. The van der Waals surface area contributed by atoms with Crippen molar-refractivity contribution in [1.82, 2.24) is 4.90 Å². The van der Waals surface area contributed by atoms with Gasteiger partial charge in [0.25, 0.3) is 0 Å². The monoisotopic (exact) mass is 214 g/mol. The van der Waals surface area contributed by atoms with Crippen molar-refractivity contribution < 1.29 is 9.90 Å². The number of carbonyl (C=O) groups excluding carboxylic acids is 1. The number of likely N-dealkylation sites (tertiary alicyclic amines) is 1. The average molecular weight is 214 g/mol. The van der Waals surface area contributed by atoms with Gasteiger partial charge in [-0.15, -0.1) is 0 Å². The number of hydrogen-bond donors (Lipinski definition) is 2. The first-order chi connectivity index (χ1) is 6.66. The zero-order valence-electron chi connectivity index (χ0n) is 10.1. The van der Waals surface area contributed by atoms with Crippen molar-refractivity contribution in [3.8, 4) is 0 Å². The summed E-state index contributed by atoms with van der Waals surface area (Å²) in [6.07, 6.45) is 0.304. The number of rotatable bonds is 2. The molecule has 1 aliphatic heterocycles. The smallest absolute Gasteiger partial charge is 0.230 e. The maximum absolute atomic E-state index is 12.2. The van der Waals surface area contributed by atoms with Crippen LogP contribution in [0.5, 0.6) is 0 Å². The Kier molecular flexibility index (Phi) is 3.12. The summed E-state index contributed by atoms with van der Waals surface area (Å²) in [4.78, 5) is 13.9. The number of hydrogen-bond acceptors (Lipinski definition) is 3. The van der Waals surface area contributed by atoms with Gasteiger partial charge < -0.3 is 15.7 Å². The van der Waals surface area contributed by atoms with Gasteiger partial charge >= 0.3 is 0 Å². The molecule has 15 heavy (non-hydrogen) atoms. The maximum Gasteiger partial charge on any atom is 0.230 e. The average Bonchev–Trinajstić information content (AvgIpc) is 2.48. The Morgan fingerprint density at radius 1 is 1.40 bits per heavy atom. The van der Waals surface area contributed by atoms with Crippen LogP contribution in [0.1, 0.15) is 34.1 Å². The summed E-state index contributed by atoms with van der Waals surface area (Å²) >= 11 is 0. The zero-order chi connectivity index (χ0) is 11.9. The topological polar surface area (TPSA) is 66.6 Å². The summed E-state index contributed by atoms with van der Waals surface area (Å²) in [6.45, 7) is 8.52. The molecule has 4 heteroatoms. The molecule has 1 rings (SSSR count). The number of carbonyl (C=O) groups is 1. The van der Waals surface area contributed by atoms with Crippen LogP contribution >= 0.6 is 0 Å². The fourth-order valence-corrected chi connectivity index (χ4v) is 1.60. The Labute approximate surface area is 91.4 Å². The van der Waals surface area contributed by atoms with Crippen LogP contribution in [0.2, 0.25) is 0 Å². The lowest BCUT2D eigenvalue weighted by atomic mass is 9.74. The van der Waals surface area contributed by atoms with Crippen molar-refractivity contribution in [2.75, 3.05) is 13.1 Å². The number of nitrogens with zero attached hydrogens (tertiary/aromatic N) is 1. The number of aliphatic hydroxyl groups excluding tert-OH is 1. The summed E-state index contributed by atoms with van der Waals surface area (Å²) in [5.74, 6) is 0.0338. The van der Waals surface area contributed by atoms with Crippen LogP contribution in [-0.4, -0.2) is 40.6 Å². The van der Waals surface area contributed by atoms with E-state index in [4.69, 9.17) is 5.73 Å². The first kappa shape index (κ1) is 12.5. The van der Waals surface area contributed by atoms with E-state index in [1.807, 2.05) is 27.7 Å². The van der Waals surface area contributed by atoms with Crippen molar-refractivity contribution in [2.45, 2.75) is 45.8 Å². The summed E-state index contributed by atoms with van der Waals surface area (Å²) in [7, 11) is 0. The molecule has 0 aliphatic carbocycles. The molecule has 0 unspecified atom stereocenters. The summed E-state index contributed by atoms with van der Waals surface area (Å²) in [6, 6.07) is 0. The summed E-state index contributed by atoms with van der Waals surface area (Å²) < 4.78 is 0. The molecule has 0 aromatic rings. The van der Waals surface area contributed by atoms with E-state index in [9.17, 15) is 9.90 Å². The molecule has 0 aromatic heterocycles. The van der Waals surface area contributed by atoms with Gasteiger partial charge in [0.15, 0.2) is 0 Å². The van der Waals surface area contributed by atoms with E-state index < -0.39 is 11.0 Å². The standard InChI is InChI=1S/C11H22N2O2/c1-10(2,11(3,4)12)9(15)13-6-5-8(14)7-13/h8,14H,5-7,12H2,1-4H3/t8-/m0/s1. The van der Waals surface area contributed by atoms with Gasteiger partial charge in [0.1, 0.15) is 0 Å². The van der Waals surface area contributed by atoms with E-state index in [-0.39, 0.29) is 12.0 Å². The Bertz CT molecular complexity index is 256. The van der Waals surface area contributed by atoms with Gasteiger partial charge in [-0.1, -0.05) is 0 Å². The maximum atomic E-state index is 12.2. The van der Waals surface area contributed by atoms with Crippen LogP contribution in [0.3, 0.4) is 0 Å². The molecular weight excluding hydrogens is 192 g/mol. The van der Waals surface area contributed by atoms with Crippen molar-refractivity contribution in [3.05, 3.63) is 0 Å². The highest BCUT2D eigenvalue weighted by atomic mass is 16.3. The molecule has 3 N–H and O–H groups in total. The number of nitrogens with two attached hydrogens (primary N) is 1. The van der Waals surface area contributed by atoms with Crippen LogP contribution in [0.4, 0.5) is 0 Å². The first-order valence-electron chi connectivity index (χ1n) is 5.42. The third-order valence-corrected chi connectivity index (χ3v) is 3.60. The fourth-order valence-electron chi connectivity index (χ4n) is 1.60. The fraction of sp³-hybridized carbons (Fsp3) is 0.909. The van der Waals surface area contributed by atoms with E-state index in [1.54, 1.807) is 4.90 Å². The molecule has 0 spiro atoms. The van der Waals surface area contributed by atoms with E-state index in [2.05, 4.69) is 0 Å². The van der Waals surface area contributed by atoms with Crippen LogP contribution in [0, 0.1) is 5.41 Å². The normalized spacial score (nSPS) is 23.3. The molecule has 1 amide bonds. The van der Waals surface area contributed by atoms with E-state index in [1.165, 1.54) is 0 Å². The lowest BCUT2D eigenvalue weighted by Crippen LogP contribution is -2.56. The van der Waals surface area contributed by atoms with Crippen LogP contribution in [0.25, 0.3) is 0 Å². The van der Waals surface area contributed by atoms with Gasteiger partial charge in [0.2, 0.25) is 5.91 Å². The Hall–Kier alpha value is -0.610. The molecule has 1 heterocycles. The Morgan fingerprint density at radius 3 is 2.27 bits per heavy atom. The van der Waals surface area contributed by atoms with Crippen molar-refractivity contribution in [3.63, 3.8) is 0 Å². The molecule has 1 saturated heterocycles. The van der Waals surface area contributed by atoms with Gasteiger partial charge in [-0.25, -0.2) is 0 Å². The van der Waals surface area contributed by atoms with Crippen molar-refractivity contribution in [1.29, 1.82) is 0 Å². The second kappa shape index (κ2) is 3.76. The van der Waals surface area contributed by atoms with Gasteiger partial charge in [-0.2, -0.15) is 0 Å². The first-order valence-corrected chi connectivity index (χ1v) is 5.42. The van der Waals surface area contributed by atoms with Crippen LogP contribution < -0.4 is 5.73 Å². The molecule has 0 radical (unpaired) electrons. The lowest BCUT2D eigenvalue weighted by Gasteiger charge is -2.39. The van der Waals surface area contributed by atoms with Crippen LogP contribution in [0.15, 0.2) is 0 Å². The van der Waals surface area contributed by atoms with Gasteiger partial charge in [-0.05, 0) is 34.1 Å². The minimum Gasteiger partial charge on any atom is -0.391 e. The van der Waals surface area contributed by atoms with E-state index in [0.717, 1.165) is 0 Å². The highest BCUT2D eigenvalue weighted by Gasteiger charge is 2.44. The van der Waals surface area contributed by atoms with Crippen molar-refractivity contribution in [2.24, 2.45) is 11.1 Å². The quantitative estimate of drug-likeness (QED) is 0.696. The number of amides is 1. The van der Waals surface area contributed by atoms with Gasteiger partial charge in [-0.3, -0.25) is 4.79 Å². The third kappa shape index (κ3) is 2.32. The molecule has 0 saturated carbocycles. The predicted molar refractivity (Wildman–Crippen MR) is 59.3 cm³/mol. The SMILES string of the molecule is CC(C)(N)C(C)(C)C(=O)N1CC[C@H](O)C1. The molecule has 1 atom stereocenters. The summed E-state index contributed by atoms with van der Waals surface area (Å²) in [5, 5.41) is 9.39. The minimum absolute atomic E-state index is 0.0338. The molecule has 0 aromatic carbocycles. The van der Waals surface area contributed by atoms with E-state index in [0.29, 0.717) is 19.5 Å². The number of aliphatic hydroxyl groups is 1. The largest absolute Gasteiger partial charge is 0.391 e. The Morgan fingerprint density at radius 2 is 1.93 bits per heavy atom. The molecule has 1 fully saturated rings. The molecular formula is C11H22N2O2. The number of β-amino-alcohol motifs (C(OH)–C–C–N with tert-alkyl or cyclic N) is 1. The highest BCUT2D eigenvalue weighted by molar-refractivity contribution is 5.83. The zero-order valence-corrected chi connectivity index (χ0v) is 10.1. The molecule has 0 bridgehead atoms. The predicted octanol–water partition coefficient (Wildman–Crippen LogP) is 0.343. The minimum atomic E-state index is -0.600. The summed E-state index contributed by atoms with van der Waals surface area (Å²) in [5.41, 5.74) is 4.85. The second-order valence-electron chi connectivity index (χ2n) is 5.54. The highest BCUT2D eigenvalue weighted by Crippen LogP contribution is 2.31. The lowest BCUT2D eigenvalue weighted by molar-refractivity contribution is -0.142. The molecule has 88 valence electrons. The second-order valence-corrected chi connectivity index (χ2v) is 5.54. The van der Waals surface area contributed by atoms with Crippen LogP contribution in [-0.2, 0) is 4.79 Å². The van der Waals surface area contributed by atoms with E-state index >= 15 is 0 Å². The van der Waals surface area contributed by atoms with Gasteiger partial charge in [0.05, 0.1) is 11.5 Å².